The van der Waals surface area contributed by atoms with Crippen molar-refractivity contribution in [3.8, 4) is 0 Å². The first-order valence-corrected chi connectivity index (χ1v) is 7.24. The molecule has 92 valence electrons. The summed E-state index contributed by atoms with van der Waals surface area (Å²) in [5.74, 6) is 0.148. The van der Waals surface area contributed by atoms with Crippen molar-refractivity contribution in [1.82, 2.24) is 0 Å². The summed E-state index contributed by atoms with van der Waals surface area (Å²) in [7, 11) is -3.51. The topological polar surface area (TPSA) is 60.4 Å². The minimum Gasteiger partial charge on any atom is -0.299 e. The summed E-state index contributed by atoms with van der Waals surface area (Å²) in [5.41, 5.74) is -0.796. The summed E-state index contributed by atoms with van der Waals surface area (Å²) in [6.45, 7) is 7.53. The second-order valence-electron chi connectivity index (χ2n) is 6.13. The molecule has 2 aliphatic rings. The van der Waals surface area contributed by atoms with Crippen LogP contribution in [0.25, 0.3) is 0 Å². The maximum Gasteiger partial charge on any atom is 0.264 e. The van der Waals surface area contributed by atoms with Crippen molar-refractivity contribution in [3.63, 3.8) is 0 Å². The predicted molar refractivity (Wildman–Crippen MR) is 59.3 cm³/mol. The molecule has 3 unspecified atom stereocenters. The summed E-state index contributed by atoms with van der Waals surface area (Å²) in [5, 5.41) is 0. The van der Waals surface area contributed by atoms with Gasteiger partial charge in [-0.2, -0.15) is 8.42 Å². The van der Waals surface area contributed by atoms with Crippen molar-refractivity contribution in [2.24, 2.45) is 22.7 Å². The van der Waals surface area contributed by atoms with Crippen LogP contribution in [-0.2, 0) is 19.1 Å². The van der Waals surface area contributed by atoms with Gasteiger partial charge < -0.3 is 0 Å². The molecule has 3 atom stereocenters. The second-order valence-corrected chi connectivity index (χ2v) is 7.73. The van der Waals surface area contributed by atoms with E-state index in [4.69, 9.17) is 4.18 Å². The van der Waals surface area contributed by atoms with Crippen LogP contribution in [0.5, 0.6) is 0 Å². The van der Waals surface area contributed by atoms with Crippen LogP contribution in [0, 0.1) is 22.7 Å². The summed E-state index contributed by atoms with van der Waals surface area (Å²) >= 11 is 0. The lowest BCUT2D eigenvalue weighted by Crippen LogP contribution is -2.39. The number of hydrogen-bond acceptors (Lipinski definition) is 4. The van der Waals surface area contributed by atoms with Gasteiger partial charge in [0, 0.05) is 11.8 Å². The van der Waals surface area contributed by atoms with Crippen molar-refractivity contribution in [3.05, 3.63) is 0 Å². The van der Waals surface area contributed by atoms with E-state index in [0.717, 1.165) is 6.26 Å². The van der Waals surface area contributed by atoms with Crippen LogP contribution in [0.3, 0.4) is 0 Å². The Morgan fingerprint density at radius 1 is 1.19 bits per heavy atom. The Labute approximate surface area is 96.5 Å². The van der Waals surface area contributed by atoms with E-state index in [1.807, 2.05) is 13.8 Å². The molecule has 4 nitrogen and oxygen atoms in total. The molecule has 5 heteroatoms. The Hall–Kier alpha value is -0.420. The number of carbonyl (C=O) groups excluding carboxylic acids is 1. The normalized spacial score (nSPS) is 39.6. The monoisotopic (exact) mass is 246 g/mol. The molecule has 0 aromatic carbocycles. The standard InChI is InChI=1S/C11H18O4S/c1-10(2)6-7(10)9(15-16(5,13)14)11(3,4)8(6)12/h6-7,9H,1-5H3. The van der Waals surface area contributed by atoms with Gasteiger partial charge in [-0.1, -0.05) is 27.7 Å². The zero-order chi connectivity index (χ0) is 12.5. The number of carbonyl (C=O) groups is 1. The van der Waals surface area contributed by atoms with E-state index in [9.17, 15) is 13.2 Å². The third kappa shape index (κ3) is 1.44. The quantitative estimate of drug-likeness (QED) is 0.687. The van der Waals surface area contributed by atoms with Gasteiger partial charge in [0.05, 0.1) is 17.8 Å². The number of Topliss-reactive ketones (excluding diaryl/α,β-unsaturated/α-hetero) is 1. The zero-order valence-corrected chi connectivity index (χ0v) is 11.1. The van der Waals surface area contributed by atoms with Crippen LogP contribution >= 0.6 is 0 Å². The maximum atomic E-state index is 12.1. The number of ketones is 1. The van der Waals surface area contributed by atoms with Gasteiger partial charge in [0.2, 0.25) is 0 Å². The van der Waals surface area contributed by atoms with Crippen LogP contribution in [0.4, 0.5) is 0 Å². The molecule has 0 aromatic rings. The highest BCUT2D eigenvalue weighted by Crippen LogP contribution is 2.70. The fourth-order valence-corrected chi connectivity index (χ4v) is 3.84. The van der Waals surface area contributed by atoms with E-state index in [1.165, 1.54) is 0 Å². The number of rotatable bonds is 2. The van der Waals surface area contributed by atoms with E-state index in [1.54, 1.807) is 13.8 Å². The molecule has 0 bridgehead atoms. The van der Waals surface area contributed by atoms with Crippen LogP contribution in [0.15, 0.2) is 0 Å². The summed E-state index contributed by atoms with van der Waals surface area (Å²) in [4.78, 5) is 12.1. The Morgan fingerprint density at radius 3 is 2.06 bits per heavy atom. The van der Waals surface area contributed by atoms with Crippen molar-refractivity contribution >= 4 is 15.9 Å². The molecule has 16 heavy (non-hydrogen) atoms. The highest BCUT2D eigenvalue weighted by Gasteiger charge is 2.75. The largest absolute Gasteiger partial charge is 0.299 e. The van der Waals surface area contributed by atoms with Gasteiger partial charge in [-0.05, 0) is 5.41 Å². The Balaban J connectivity index is 2.34. The van der Waals surface area contributed by atoms with Crippen molar-refractivity contribution < 1.29 is 17.4 Å². The molecule has 0 aromatic heterocycles. The van der Waals surface area contributed by atoms with E-state index in [-0.39, 0.29) is 23.0 Å². The van der Waals surface area contributed by atoms with Crippen molar-refractivity contribution in [2.75, 3.05) is 6.26 Å². The van der Waals surface area contributed by atoms with E-state index < -0.39 is 21.6 Å². The Kier molecular flexibility index (Phi) is 2.17. The molecule has 0 saturated heterocycles. The average molecular weight is 246 g/mol. The minimum atomic E-state index is -3.51. The lowest BCUT2D eigenvalue weighted by Gasteiger charge is -2.30. The second kappa shape index (κ2) is 2.88. The van der Waals surface area contributed by atoms with Crippen LogP contribution in [0.1, 0.15) is 27.7 Å². The molecule has 0 heterocycles. The fraction of sp³-hybridized carbons (Fsp3) is 0.909. The molecule has 0 spiro atoms. The van der Waals surface area contributed by atoms with Gasteiger partial charge in [0.1, 0.15) is 5.78 Å². The lowest BCUT2D eigenvalue weighted by atomic mass is 9.79. The van der Waals surface area contributed by atoms with E-state index in [2.05, 4.69) is 0 Å². The predicted octanol–water partition coefficient (Wildman–Crippen LogP) is 1.21. The molecule has 2 rings (SSSR count). The van der Waals surface area contributed by atoms with Gasteiger partial charge in [-0.25, -0.2) is 0 Å². The minimum absolute atomic E-state index is 0.0331. The van der Waals surface area contributed by atoms with Gasteiger partial charge in [-0.15, -0.1) is 0 Å². The summed E-state index contributed by atoms with van der Waals surface area (Å²) in [6.07, 6.45) is 0.533. The molecule has 2 aliphatic carbocycles. The molecule has 0 amide bonds. The fourth-order valence-electron chi connectivity index (χ4n) is 3.10. The smallest absolute Gasteiger partial charge is 0.264 e. The van der Waals surface area contributed by atoms with Gasteiger partial charge in [0.25, 0.3) is 10.1 Å². The van der Waals surface area contributed by atoms with Gasteiger partial charge in [0.15, 0.2) is 0 Å². The van der Waals surface area contributed by atoms with Crippen LogP contribution in [-0.4, -0.2) is 26.6 Å². The third-order valence-corrected chi connectivity index (χ3v) is 4.70. The molecule has 0 aliphatic heterocycles. The molecule has 2 fully saturated rings. The first kappa shape index (κ1) is 12.0. The Morgan fingerprint density at radius 2 is 1.69 bits per heavy atom. The summed E-state index contributed by atoms with van der Waals surface area (Å²) < 4.78 is 27.6. The van der Waals surface area contributed by atoms with Gasteiger partial charge >= 0.3 is 0 Å². The molecule has 0 N–H and O–H groups in total. The van der Waals surface area contributed by atoms with E-state index in [0.29, 0.717) is 0 Å². The third-order valence-electron chi connectivity index (χ3n) is 4.14. The first-order chi connectivity index (χ1) is 6.99. The van der Waals surface area contributed by atoms with Crippen molar-refractivity contribution in [1.29, 1.82) is 0 Å². The molecule has 0 radical (unpaired) electrons. The van der Waals surface area contributed by atoms with Crippen LogP contribution < -0.4 is 0 Å². The SMILES string of the molecule is CC1(C)C(=O)C2C(C1OS(C)(=O)=O)C2(C)C. The maximum absolute atomic E-state index is 12.1. The molecule has 2 saturated carbocycles. The van der Waals surface area contributed by atoms with Crippen molar-refractivity contribution in [2.45, 2.75) is 33.8 Å². The first-order valence-electron chi connectivity index (χ1n) is 5.42. The van der Waals surface area contributed by atoms with Gasteiger partial charge in [-0.3, -0.25) is 8.98 Å². The highest BCUT2D eigenvalue weighted by molar-refractivity contribution is 7.86. The highest BCUT2D eigenvalue weighted by atomic mass is 32.2. The number of fused-ring (bicyclic) bond motifs is 1. The molecular formula is C11H18O4S. The number of hydrogen-bond donors (Lipinski definition) is 0. The zero-order valence-electron chi connectivity index (χ0n) is 10.3. The van der Waals surface area contributed by atoms with Crippen LogP contribution in [0.2, 0.25) is 0 Å². The Bertz CT molecular complexity index is 447. The summed E-state index contributed by atoms with van der Waals surface area (Å²) in [6, 6.07) is 0. The van der Waals surface area contributed by atoms with E-state index >= 15 is 0 Å². The average Bonchev–Trinajstić information content (AvgIpc) is 2.53. The lowest BCUT2D eigenvalue weighted by molar-refractivity contribution is -0.130. The molecular weight excluding hydrogens is 228 g/mol.